The number of aromatic nitrogens is 1. The van der Waals surface area contributed by atoms with Crippen LogP contribution in [0.15, 0.2) is 41.4 Å². The first-order valence-corrected chi connectivity index (χ1v) is 9.50. The predicted molar refractivity (Wildman–Crippen MR) is 100 cm³/mol. The Labute approximate surface area is 157 Å². The molecule has 0 N–H and O–H groups in total. The van der Waals surface area contributed by atoms with E-state index in [-0.39, 0.29) is 11.8 Å². The maximum Gasteiger partial charge on any atom is 0.261 e. The number of thioether (sulfide) groups is 1. The smallest absolute Gasteiger partial charge is 0.261 e. The molecule has 1 aliphatic rings. The van der Waals surface area contributed by atoms with Crippen molar-refractivity contribution in [2.45, 2.75) is 31.2 Å². The standard InChI is InChI=1S/C20H19N3O2S/c1-13(2)17-9-8-14(12-21)18(22-17)26-11-5-10-23-19(24)15-6-3-4-7-16(15)20(23)25/h3-4,6-9,13H,5,10-11H2,1-2H3. The van der Waals surface area contributed by atoms with Crippen molar-refractivity contribution in [2.75, 3.05) is 12.3 Å². The maximum atomic E-state index is 12.3. The van der Waals surface area contributed by atoms with E-state index in [1.165, 1.54) is 16.7 Å². The number of hydrogen-bond donors (Lipinski definition) is 0. The number of pyridine rings is 1. The summed E-state index contributed by atoms with van der Waals surface area (Å²) in [4.78, 5) is 30.5. The fraction of sp³-hybridized carbons (Fsp3) is 0.300. The van der Waals surface area contributed by atoms with E-state index in [4.69, 9.17) is 0 Å². The van der Waals surface area contributed by atoms with Gasteiger partial charge in [0.1, 0.15) is 11.1 Å². The van der Waals surface area contributed by atoms with Crippen molar-refractivity contribution < 1.29 is 9.59 Å². The predicted octanol–water partition coefficient (Wildman–Crippen LogP) is 3.86. The van der Waals surface area contributed by atoms with Gasteiger partial charge in [-0.3, -0.25) is 14.5 Å². The summed E-state index contributed by atoms with van der Waals surface area (Å²) >= 11 is 1.49. The van der Waals surface area contributed by atoms with Crippen LogP contribution in [0.1, 0.15) is 58.2 Å². The normalized spacial score (nSPS) is 13.2. The zero-order valence-electron chi connectivity index (χ0n) is 14.7. The van der Waals surface area contributed by atoms with E-state index in [0.29, 0.717) is 46.4 Å². The molecule has 0 unspecified atom stereocenters. The highest BCUT2D eigenvalue weighted by atomic mass is 32.2. The van der Waals surface area contributed by atoms with Crippen molar-refractivity contribution in [3.05, 3.63) is 58.8 Å². The van der Waals surface area contributed by atoms with Gasteiger partial charge in [0.25, 0.3) is 11.8 Å². The second kappa shape index (κ2) is 7.71. The second-order valence-electron chi connectivity index (χ2n) is 6.36. The number of hydrogen-bond acceptors (Lipinski definition) is 5. The van der Waals surface area contributed by atoms with Crippen LogP contribution in [0.5, 0.6) is 0 Å². The first kappa shape index (κ1) is 18.2. The van der Waals surface area contributed by atoms with E-state index in [2.05, 4.69) is 24.9 Å². The highest BCUT2D eigenvalue weighted by molar-refractivity contribution is 7.99. The number of fused-ring (bicyclic) bond motifs is 1. The quantitative estimate of drug-likeness (QED) is 0.441. The van der Waals surface area contributed by atoms with Crippen LogP contribution in [-0.4, -0.2) is 34.0 Å². The third kappa shape index (κ3) is 3.49. The SMILES string of the molecule is CC(C)c1ccc(C#N)c(SCCCN2C(=O)c3ccccc3C2=O)n1. The molecule has 0 atom stereocenters. The molecule has 5 nitrogen and oxygen atoms in total. The van der Waals surface area contributed by atoms with Crippen LogP contribution in [0, 0.1) is 11.3 Å². The summed E-state index contributed by atoms with van der Waals surface area (Å²) in [5.74, 6) is 0.512. The molecule has 1 aromatic carbocycles. The van der Waals surface area contributed by atoms with Crippen molar-refractivity contribution in [2.24, 2.45) is 0 Å². The van der Waals surface area contributed by atoms with E-state index in [1.807, 2.05) is 6.07 Å². The lowest BCUT2D eigenvalue weighted by molar-refractivity contribution is 0.0655. The summed E-state index contributed by atoms with van der Waals surface area (Å²) < 4.78 is 0. The lowest BCUT2D eigenvalue weighted by atomic mass is 10.1. The van der Waals surface area contributed by atoms with Gasteiger partial charge >= 0.3 is 0 Å². The van der Waals surface area contributed by atoms with Crippen molar-refractivity contribution >= 4 is 23.6 Å². The van der Waals surface area contributed by atoms with Crippen LogP contribution >= 0.6 is 11.8 Å². The minimum atomic E-state index is -0.228. The fourth-order valence-electron chi connectivity index (χ4n) is 2.81. The first-order chi connectivity index (χ1) is 12.5. The van der Waals surface area contributed by atoms with Gasteiger partial charge in [-0.05, 0) is 36.6 Å². The van der Waals surface area contributed by atoms with Crippen LogP contribution < -0.4 is 0 Å². The topological polar surface area (TPSA) is 74.1 Å². The van der Waals surface area contributed by atoms with E-state index < -0.39 is 0 Å². The zero-order chi connectivity index (χ0) is 18.7. The van der Waals surface area contributed by atoms with Gasteiger partial charge < -0.3 is 0 Å². The van der Waals surface area contributed by atoms with Gasteiger partial charge in [-0.25, -0.2) is 4.98 Å². The number of amides is 2. The molecule has 0 saturated heterocycles. The summed E-state index contributed by atoms with van der Waals surface area (Å²) in [5, 5.41) is 9.96. The molecule has 3 rings (SSSR count). The minimum absolute atomic E-state index is 0.228. The molecule has 1 aromatic heterocycles. The number of nitriles is 1. The highest BCUT2D eigenvalue weighted by Crippen LogP contribution is 2.26. The first-order valence-electron chi connectivity index (χ1n) is 8.52. The molecule has 2 aromatic rings. The highest BCUT2D eigenvalue weighted by Gasteiger charge is 2.34. The summed E-state index contributed by atoms with van der Waals surface area (Å²) in [6.45, 7) is 4.49. The lowest BCUT2D eigenvalue weighted by Crippen LogP contribution is -2.31. The van der Waals surface area contributed by atoms with E-state index >= 15 is 0 Å². The van der Waals surface area contributed by atoms with Gasteiger partial charge in [-0.1, -0.05) is 26.0 Å². The third-order valence-electron chi connectivity index (χ3n) is 4.24. The van der Waals surface area contributed by atoms with Gasteiger partial charge in [0.15, 0.2) is 0 Å². The Kier molecular flexibility index (Phi) is 5.38. The van der Waals surface area contributed by atoms with E-state index in [0.717, 1.165) is 5.69 Å². The molecule has 26 heavy (non-hydrogen) atoms. The number of benzene rings is 1. The summed E-state index contributed by atoms with van der Waals surface area (Å²) in [5.41, 5.74) is 2.46. The van der Waals surface area contributed by atoms with Crippen molar-refractivity contribution in [1.82, 2.24) is 9.88 Å². The molecular formula is C20H19N3O2S. The van der Waals surface area contributed by atoms with Crippen molar-refractivity contribution in [3.8, 4) is 6.07 Å². The van der Waals surface area contributed by atoms with Gasteiger partial charge in [0, 0.05) is 18.0 Å². The van der Waals surface area contributed by atoms with Crippen LogP contribution in [0.25, 0.3) is 0 Å². The van der Waals surface area contributed by atoms with Crippen LogP contribution in [0.4, 0.5) is 0 Å². The zero-order valence-corrected chi connectivity index (χ0v) is 15.5. The lowest BCUT2D eigenvalue weighted by Gasteiger charge is -2.13. The molecule has 2 amide bonds. The van der Waals surface area contributed by atoms with Crippen LogP contribution in [-0.2, 0) is 0 Å². The number of carbonyl (C=O) groups is 2. The van der Waals surface area contributed by atoms with Gasteiger partial charge in [0.2, 0.25) is 0 Å². The average molecular weight is 365 g/mol. The average Bonchev–Trinajstić information content (AvgIpc) is 2.89. The molecule has 6 heteroatoms. The number of rotatable bonds is 6. The molecule has 0 bridgehead atoms. The molecule has 0 fully saturated rings. The molecule has 132 valence electrons. The summed E-state index contributed by atoms with van der Waals surface area (Å²) in [6.07, 6.45) is 0.647. The molecule has 2 heterocycles. The molecule has 0 spiro atoms. The van der Waals surface area contributed by atoms with E-state index in [1.54, 1.807) is 30.3 Å². The fourth-order valence-corrected chi connectivity index (χ4v) is 3.71. The largest absolute Gasteiger partial charge is 0.274 e. The molecule has 1 aliphatic heterocycles. The number of carbonyl (C=O) groups excluding carboxylic acids is 2. The van der Waals surface area contributed by atoms with Gasteiger partial charge in [-0.2, -0.15) is 5.26 Å². The Balaban J connectivity index is 1.60. The Morgan fingerprint density at radius 3 is 2.35 bits per heavy atom. The van der Waals surface area contributed by atoms with Crippen LogP contribution in [0.3, 0.4) is 0 Å². The number of imide groups is 1. The maximum absolute atomic E-state index is 12.3. The monoisotopic (exact) mass is 365 g/mol. The Morgan fingerprint density at radius 2 is 1.77 bits per heavy atom. The second-order valence-corrected chi connectivity index (χ2v) is 7.45. The molecule has 0 radical (unpaired) electrons. The minimum Gasteiger partial charge on any atom is -0.274 e. The molecule has 0 aliphatic carbocycles. The van der Waals surface area contributed by atoms with Crippen molar-refractivity contribution in [1.29, 1.82) is 5.26 Å². The summed E-state index contributed by atoms with van der Waals surface area (Å²) in [6, 6.07) is 12.7. The number of nitrogens with zero attached hydrogens (tertiary/aromatic N) is 3. The third-order valence-corrected chi connectivity index (χ3v) is 5.31. The Morgan fingerprint density at radius 1 is 1.12 bits per heavy atom. The molecule has 0 saturated carbocycles. The van der Waals surface area contributed by atoms with Crippen LogP contribution in [0.2, 0.25) is 0 Å². The Hall–Kier alpha value is -2.65. The van der Waals surface area contributed by atoms with Gasteiger partial charge in [-0.15, -0.1) is 11.8 Å². The van der Waals surface area contributed by atoms with E-state index in [9.17, 15) is 14.9 Å². The summed E-state index contributed by atoms with van der Waals surface area (Å²) in [7, 11) is 0. The molecular weight excluding hydrogens is 346 g/mol. The van der Waals surface area contributed by atoms with Gasteiger partial charge in [0.05, 0.1) is 16.7 Å². The van der Waals surface area contributed by atoms with Crippen molar-refractivity contribution in [3.63, 3.8) is 0 Å². The Bertz CT molecular complexity index is 867.